The second-order valence-corrected chi connectivity index (χ2v) is 32.3. The van der Waals surface area contributed by atoms with E-state index >= 15 is 0 Å². The lowest BCUT2D eigenvalue weighted by Gasteiger charge is -2.21. The van der Waals surface area contributed by atoms with E-state index in [1.54, 1.807) is 0 Å². The average molecular weight is 1530 g/mol. The maximum atomic E-state index is 6.16. The van der Waals surface area contributed by atoms with E-state index in [1.807, 2.05) is 18.2 Å². The van der Waals surface area contributed by atoms with Gasteiger partial charge in [0.05, 0.1) is 77.9 Å². The molecule has 120 heavy (non-hydrogen) atoms. The number of nitrogens with zero attached hydrogens (tertiary/aromatic N) is 8. The van der Waals surface area contributed by atoms with Crippen LogP contribution in [0.4, 0.5) is 0 Å². The van der Waals surface area contributed by atoms with E-state index in [1.165, 1.54) is 131 Å². The van der Waals surface area contributed by atoms with Crippen molar-refractivity contribution in [3.8, 4) is 79.2 Å². The zero-order chi connectivity index (χ0) is 79.0. The van der Waals surface area contributed by atoms with E-state index in [9.17, 15) is 0 Å². The molecule has 26 rings (SSSR count). The maximum Gasteiger partial charge on any atom is 0.160 e. The summed E-state index contributed by atoms with van der Waals surface area (Å²) in [4.78, 5) is 21.0. The zero-order valence-corrected chi connectivity index (χ0v) is 65.4. The number of para-hydroxylation sites is 9. The maximum absolute atomic E-state index is 6.16. The predicted molar refractivity (Wildman–Crippen MR) is 498 cm³/mol. The van der Waals surface area contributed by atoms with Crippen LogP contribution < -0.4 is 0 Å². The van der Waals surface area contributed by atoms with Gasteiger partial charge in [0.2, 0.25) is 0 Å². The molecule has 7 heterocycles. The molecule has 560 valence electrons. The molecule has 0 saturated carbocycles. The van der Waals surface area contributed by atoms with Crippen molar-refractivity contribution in [3.05, 3.63) is 399 Å². The fraction of sp³-hybridized carbons (Fsp3) is 0.0270. The van der Waals surface area contributed by atoms with Crippen molar-refractivity contribution in [3.63, 3.8) is 0 Å². The highest BCUT2D eigenvalue weighted by molar-refractivity contribution is 6.19. The van der Waals surface area contributed by atoms with E-state index < -0.39 is 0 Å². The molecule has 0 unspecified atom stereocenters. The molecule has 9 nitrogen and oxygen atoms in total. The molecule has 9 heteroatoms. The molecule has 0 spiro atoms. The Hall–Kier alpha value is -15.8. The minimum Gasteiger partial charge on any atom is -0.456 e. The van der Waals surface area contributed by atoms with Gasteiger partial charge in [-0.05, 0) is 191 Å². The molecule has 0 atom stereocenters. The molecule has 0 N–H and O–H groups in total. The van der Waals surface area contributed by atoms with Crippen LogP contribution in [0.3, 0.4) is 0 Å². The Kier molecular flexibility index (Phi) is 14.7. The van der Waals surface area contributed by atoms with Crippen molar-refractivity contribution in [2.24, 2.45) is 0 Å². The minimum atomic E-state index is -0.102. The van der Waals surface area contributed by atoms with Crippen LogP contribution >= 0.6 is 0 Å². The van der Waals surface area contributed by atoms with Gasteiger partial charge >= 0.3 is 0 Å². The van der Waals surface area contributed by atoms with E-state index in [4.69, 9.17) is 24.4 Å². The first-order valence-electron chi connectivity index (χ1n) is 41.1. The number of hydrogen-bond acceptors (Lipinski definition) is 5. The Bertz CT molecular complexity index is 8540. The normalized spacial score (nSPS) is 12.7. The van der Waals surface area contributed by atoms with Crippen molar-refractivity contribution in [2.75, 3.05) is 0 Å². The number of rotatable bonds is 8. The monoisotopic (exact) mass is 1530 g/mol. The molecule has 0 bridgehead atoms. The van der Waals surface area contributed by atoms with Crippen LogP contribution in [0.25, 0.3) is 232 Å². The van der Waals surface area contributed by atoms with E-state index in [2.05, 4.69) is 402 Å². The summed E-state index contributed by atoms with van der Waals surface area (Å²) in [5.41, 5.74) is 28.7. The number of fused-ring (bicyclic) bond motifs is 22. The van der Waals surface area contributed by atoms with Crippen molar-refractivity contribution in [1.29, 1.82) is 0 Å². The molecular weight excluding hydrogens is 1460 g/mol. The van der Waals surface area contributed by atoms with Crippen molar-refractivity contribution >= 4 is 153 Å². The Labute approximate surface area is 688 Å². The summed E-state index contributed by atoms with van der Waals surface area (Å²) in [6.45, 7) is 4.66. The van der Waals surface area contributed by atoms with Crippen LogP contribution in [-0.2, 0) is 5.41 Å². The average Bonchev–Trinajstić information content (AvgIpc) is 1.57. The van der Waals surface area contributed by atoms with Gasteiger partial charge in [-0.1, -0.05) is 244 Å². The molecule has 25 aromatic rings. The first-order chi connectivity index (χ1) is 59.3. The van der Waals surface area contributed by atoms with Gasteiger partial charge in [-0.25, -0.2) is 19.9 Å². The fourth-order valence-corrected chi connectivity index (χ4v) is 19.9. The molecular formula is C111H70N8O. The molecule has 1 aliphatic carbocycles. The largest absolute Gasteiger partial charge is 0.456 e. The molecule has 0 fully saturated rings. The lowest BCUT2D eigenvalue weighted by Crippen LogP contribution is -2.14. The lowest BCUT2D eigenvalue weighted by atomic mass is 9.82. The fourth-order valence-electron chi connectivity index (χ4n) is 19.9. The highest BCUT2D eigenvalue weighted by Gasteiger charge is 2.37. The Balaban J connectivity index is 0.000000133. The first-order valence-corrected chi connectivity index (χ1v) is 41.1. The van der Waals surface area contributed by atoms with Gasteiger partial charge in [-0.3, -0.25) is 0 Å². The molecule has 7 aromatic heterocycles. The molecule has 0 aliphatic heterocycles. The Morgan fingerprint density at radius 3 is 1.12 bits per heavy atom. The third kappa shape index (κ3) is 10.1. The molecule has 0 radical (unpaired) electrons. The summed E-state index contributed by atoms with van der Waals surface area (Å²) in [5, 5.41) is 19.0. The van der Waals surface area contributed by atoms with Gasteiger partial charge in [0.1, 0.15) is 11.2 Å². The molecule has 0 saturated heterocycles. The molecule has 18 aromatic carbocycles. The van der Waals surface area contributed by atoms with Crippen molar-refractivity contribution in [2.45, 2.75) is 19.3 Å². The van der Waals surface area contributed by atoms with Gasteiger partial charge in [-0.15, -0.1) is 0 Å². The lowest BCUT2D eigenvalue weighted by molar-refractivity contribution is 0.660. The minimum absolute atomic E-state index is 0.102. The summed E-state index contributed by atoms with van der Waals surface area (Å²) in [5.74, 6) is 1.40. The van der Waals surface area contributed by atoms with Crippen molar-refractivity contribution < 1.29 is 4.42 Å². The van der Waals surface area contributed by atoms with Crippen molar-refractivity contribution in [1.82, 2.24) is 38.2 Å². The summed E-state index contributed by atoms with van der Waals surface area (Å²) in [6, 6.07) is 140. The topological polar surface area (TPSA) is 84.4 Å². The summed E-state index contributed by atoms with van der Waals surface area (Å²) in [6.07, 6.45) is 0. The van der Waals surface area contributed by atoms with Gasteiger partial charge in [-0.2, -0.15) is 0 Å². The van der Waals surface area contributed by atoms with Crippen LogP contribution in [0.5, 0.6) is 0 Å². The van der Waals surface area contributed by atoms with E-state index in [0.29, 0.717) is 11.6 Å². The third-order valence-corrected chi connectivity index (χ3v) is 25.4. The standard InChI is InChI=1S/C57H38N4.C54H32N4O/c1-57(2)46-22-8-3-19-41(46)54-43(21-14-23-47(54)57)55-42-20-4-9-24-48(42)58-56(59-55)35-29-31-37(32-30-35)60-49-25-10-7-18-40(49)45-33-36-15-13-28-52(44(36)34-53(45)60)61-50-26-11-5-16-38(50)39-17-6-12-27-51(39)61;1-6-18-45-41(17-1)53(35-26-29-52-44(31-35)40-16-5-10-23-51(40)59-52)56-54(55-45)33-24-27-36(28-25-33)57-46-19-7-4-15-39(46)43-30-34-12-11-22-49(42(34)32-50(43)57)58-47-20-8-2-13-37(47)38-14-3-9-21-48(38)58/h3-34H,1-2H3;1-32H. The second-order valence-electron chi connectivity index (χ2n) is 32.3. The first kappa shape index (κ1) is 67.5. The number of furan rings is 1. The van der Waals surface area contributed by atoms with E-state index in [0.717, 1.165) is 99.8 Å². The van der Waals surface area contributed by atoms with Gasteiger partial charge in [0.25, 0.3) is 0 Å². The van der Waals surface area contributed by atoms with Crippen LogP contribution in [0.1, 0.15) is 25.0 Å². The SMILES string of the molecule is CC1(C)c2ccccc2-c2c(-c3nc(-c4ccc(-n5c6ccccc6c6cc7cccc(-n8c9ccccc9c9ccccc98)c7cc65)cc4)nc4ccccc34)cccc21.c1cc(-n2c3ccccc3c3ccccc32)c2cc3c(cc2c1)c1ccccc1n3-c1ccc(-c2nc(-c3ccc4oc5ccccc5c4c3)c3ccccc3n2)cc1. The predicted octanol–water partition coefficient (Wildman–Crippen LogP) is 28.8. The smallest absolute Gasteiger partial charge is 0.160 e. The van der Waals surface area contributed by atoms with Gasteiger partial charge in [0.15, 0.2) is 11.6 Å². The van der Waals surface area contributed by atoms with Crippen LogP contribution in [0, 0.1) is 0 Å². The quantitative estimate of drug-likeness (QED) is 0.151. The number of hydrogen-bond donors (Lipinski definition) is 0. The van der Waals surface area contributed by atoms with Crippen LogP contribution in [0.2, 0.25) is 0 Å². The van der Waals surface area contributed by atoms with E-state index in [-0.39, 0.29) is 5.41 Å². The Morgan fingerprint density at radius 2 is 0.608 bits per heavy atom. The summed E-state index contributed by atoms with van der Waals surface area (Å²) >= 11 is 0. The third-order valence-electron chi connectivity index (χ3n) is 25.4. The van der Waals surface area contributed by atoms with Gasteiger partial charge < -0.3 is 22.7 Å². The highest BCUT2D eigenvalue weighted by atomic mass is 16.3. The van der Waals surface area contributed by atoms with Gasteiger partial charge in [0, 0.05) is 114 Å². The Morgan fingerprint density at radius 1 is 0.233 bits per heavy atom. The molecule has 0 amide bonds. The number of aromatic nitrogens is 8. The second kappa shape index (κ2) is 26.1. The number of benzene rings is 18. The summed E-state index contributed by atoms with van der Waals surface area (Å²) in [7, 11) is 0. The summed E-state index contributed by atoms with van der Waals surface area (Å²) < 4.78 is 15.8. The highest BCUT2D eigenvalue weighted by Crippen LogP contribution is 2.53. The zero-order valence-electron chi connectivity index (χ0n) is 65.4. The van der Waals surface area contributed by atoms with Crippen LogP contribution in [0.15, 0.2) is 393 Å². The molecule has 1 aliphatic rings. The van der Waals surface area contributed by atoms with Crippen LogP contribution in [-0.4, -0.2) is 38.2 Å².